The molecule has 1 fully saturated rings. The number of pyridine rings is 2. The topological polar surface area (TPSA) is 84.9 Å². The normalized spacial score (nSPS) is 12.9. The van der Waals surface area contributed by atoms with Gasteiger partial charge in [0.05, 0.1) is 11.3 Å². The third kappa shape index (κ3) is 4.36. The predicted octanol–water partition coefficient (Wildman–Crippen LogP) is 6.54. The molecule has 0 spiro atoms. The van der Waals surface area contributed by atoms with Gasteiger partial charge >= 0.3 is 0 Å². The first-order valence-corrected chi connectivity index (χ1v) is 11.7. The average Bonchev–Trinajstić information content (AvgIpc) is 3.76. The van der Waals surface area contributed by atoms with Crippen LogP contribution in [-0.4, -0.2) is 27.0 Å². The summed E-state index contributed by atoms with van der Waals surface area (Å²) in [5.74, 6) is 3.22. The van der Waals surface area contributed by atoms with Crippen LogP contribution >= 0.6 is 0 Å². The van der Waals surface area contributed by atoms with Crippen molar-refractivity contribution in [3.05, 3.63) is 90.9 Å². The highest BCUT2D eigenvalue weighted by Crippen LogP contribution is 2.44. The van der Waals surface area contributed by atoms with E-state index in [1.54, 1.807) is 19.4 Å². The minimum absolute atomic E-state index is 0.484. The Bertz CT molecular complexity index is 1500. The Morgan fingerprint density at radius 1 is 0.829 bits per heavy atom. The van der Waals surface area contributed by atoms with Crippen LogP contribution in [-0.2, 0) is 0 Å². The monoisotopic (exact) mass is 460 g/mol. The van der Waals surface area contributed by atoms with Crippen LogP contribution in [0.3, 0.4) is 0 Å². The first-order chi connectivity index (χ1) is 17.3. The van der Waals surface area contributed by atoms with Crippen LogP contribution < -0.4 is 15.4 Å². The van der Waals surface area contributed by atoms with E-state index in [1.165, 1.54) is 23.8 Å². The van der Waals surface area contributed by atoms with E-state index >= 15 is 0 Å². The van der Waals surface area contributed by atoms with Gasteiger partial charge < -0.3 is 15.4 Å². The molecule has 0 radical (unpaired) electrons. The molecule has 1 saturated carbocycles. The molecule has 0 atom stereocenters. The largest absolute Gasteiger partial charge is 0.438 e. The summed E-state index contributed by atoms with van der Waals surface area (Å²) in [5.41, 5.74) is 3.81. The lowest BCUT2D eigenvalue weighted by molar-refractivity contribution is 0.465. The molecule has 2 aromatic carbocycles. The first kappa shape index (κ1) is 21.0. The van der Waals surface area contributed by atoms with E-state index in [0.29, 0.717) is 23.5 Å². The minimum atomic E-state index is 0.484. The maximum absolute atomic E-state index is 6.13. The lowest BCUT2D eigenvalue weighted by Gasteiger charge is -2.13. The van der Waals surface area contributed by atoms with E-state index in [0.717, 1.165) is 28.1 Å². The van der Waals surface area contributed by atoms with Gasteiger partial charge in [0.25, 0.3) is 0 Å². The molecule has 3 aromatic heterocycles. The van der Waals surface area contributed by atoms with Gasteiger partial charge in [-0.15, -0.1) is 0 Å². The van der Waals surface area contributed by atoms with Crippen LogP contribution in [0.15, 0.2) is 85.3 Å². The zero-order valence-electron chi connectivity index (χ0n) is 19.3. The number of fused-ring (bicyclic) bond motifs is 1. The van der Waals surface area contributed by atoms with Gasteiger partial charge in [0.2, 0.25) is 11.8 Å². The second-order valence-corrected chi connectivity index (χ2v) is 8.51. The molecule has 1 aliphatic carbocycles. The van der Waals surface area contributed by atoms with E-state index in [-0.39, 0.29) is 0 Å². The Morgan fingerprint density at radius 2 is 1.66 bits per heavy atom. The van der Waals surface area contributed by atoms with Crippen molar-refractivity contribution >= 4 is 28.2 Å². The summed E-state index contributed by atoms with van der Waals surface area (Å²) in [6.45, 7) is 0. The van der Waals surface area contributed by atoms with E-state index in [4.69, 9.17) is 9.72 Å². The number of ether oxygens (including phenoxy) is 1. The van der Waals surface area contributed by atoms with Crippen molar-refractivity contribution in [1.82, 2.24) is 19.9 Å². The highest BCUT2D eigenvalue weighted by Gasteiger charge is 2.26. The summed E-state index contributed by atoms with van der Waals surface area (Å²) < 4.78 is 6.13. The van der Waals surface area contributed by atoms with Crippen molar-refractivity contribution in [3.63, 3.8) is 0 Å². The van der Waals surface area contributed by atoms with Crippen molar-refractivity contribution in [3.8, 4) is 22.9 Å². The van der Waals surface area contributed by atoms with Crippen molar-refractivity contribution < 1.29 is 4.74 Å². The fourth-order valence-electron chi connectivity index (χ4n) is 4.18. The third-order valence-electron chi connectivity index (χ3n) is 6.10. The minimum Gasteiger partial charge on any atom is -0.438 e. The Hall–Kier alpha value is -4.52. The van der Waals surface area contributed by atoms with Crippen molar-refractivity contribution in [1.29, 1.82) is 0 Å². The Labute approximate surface area is 203 Å². The van der Waals surface area contributed by atoms with Crippen LogP contribution in [0.4, 0.5) is 17.5 Å². The zero-order valence-corrected chi connectivity index (χ0v) is 19.3. The Balaban J connectivity index is 1.24. The number of rotatable bonds is 7. The molecule has 5 aromatic rings. The van der Waals surface area contributed by atoms with Crippen LogP contribution in [0, 0.1) is 0 Å². The number of nitrogens with one attached hydrogen (secondary N) is 2. The number of anilines is 3. The molecule has 0 bridgehead atoms. The quantitative estimate of drug-likeness (QED) is 0.285. The van der Waals surface area contributed by atoms with Gasteiger partial charge in [-0.2, -0.15) is 0 Å². The van der Waals surface area contributed by atoms with Gasteiger partial charge in [0, 0.05) is 36.7 Å². The van der Waals surface area contributed by atoms with Crippen LogP contribution in [0.25, 0.3) is 22.0 Å². The summed E-state index contributed by atoms with van der Waals surface area (Å²) in [5, 5.41) is 8.85. The Kier molecular flexibility index (Phi) is 5.42. The first-order valence-electron chi connectivity index (χ1n) is 11.7. The summed E-state index contributed by atoms with van der Waals surface area (Å²) in [6, 6.07) is 21.9. The average molecular weight is 461 g/mol. The maximum Gasteiger partial charge on any atom is 0.228 e. The van der Waals surface area contributed by atoms with Gasteiger partial charge in [0.1, 0.15) is 11.6 Å². The summed E-state index contributed by atoms with van der Waals surface area (Å²) in [6.07, 6.45) is 7.95. The summed E-state index contributed by atoms with van der Waals surface area (Å²) >= 11 is 0. The molecule has 7 heteroatoms. The lowest BCUT2D eigenvalue weighted by Crippen LogP contribution is -1.99. The lowest BCUT2D eigenvalue weighted by atomic mass is 10.0. The molecular weight excluding hydrogens is 436 g/mol. The number of hydrogen-bond acceptors (Lipinski definition) is 7. The fraction of sp³-hybridized carbons (Fsp3) is 0.143. The smallest absolute Gasteiger partial charge is 0.228 e. The molecule has 172 valence electrons. The number of aromatic nitrogens is 4. The van der Waals surface area contributed by atoms with E-state index in [2.05, 4.69) is 49.9 Å². The van der Waals surface area contributed by atoms with Gasteiger partial charge in [-0.05, 0) is 72.2 Å². The second kappa shape index (κ2) is 9.02. The molecule has 35 heavy (non-hydrogen) atoms. The SMILES string of the molecule is CNc1nccc(-c2cccnc2Oc2ccc(Nc3ncc(C4CC4)c4ccccc34)cc2)n1. The van der Waals surface area contributed by atoms with Crippen LogP contribution in [0.5, 0.6) is 11.6 Å². The summed E-state index contributed by atoms with van der Waals surface area (Å²) in [7, 11) is 1.79. The third-order valence-corrected chi connectivity index (χ3v) is 6.10. The molecule has 2 N–H and O–H groups in total. The van der Waals surface area contributed by atoms with Gasteiger partial charge in [0.15, 0.2) is 0 Å². The second-order valence-electron chi connectivity index (χ2n) is 8.51. The number of hydrogen-bond donors (Lipinski definition) is 2. The van der Waals surface area contributed by atoms with Crippen molar-refractivity contribution in [2.75, 3.05) is 17.7 Å². The molecule has 3 heterocycles. The van der Waals surface area contributed by atoms with E-state index in [9.17, 15) is 0 Å². The predicted molar refractivity (Wildman–Crippen MR) is 138 cm³/mol. The van der Waals surface area contributed by atoms with Gasteiger partial charge in [-0.3, -0.25) is 0 Å². The molecule has 0 saturated heterocycles. The molecule has 1 aliphatic rings. The van der Waals surface area contributed by atoms with Gasteiger partial charge in [-0.1, -0.05) is 24.3 Å². The van der Waals surface area contributed by atoms with Crippen molar-refractivity contribution in [2.45, 2.75) is 18.8 Å². The zero-order chi connectivity index (χ0) is 23.6. The van der Waals surface area contributed by atoms with E-state index < -0.39 is 0 Å². The number of nitrogens with zero attached hydrogens (tertiary/aromatic N) is 4. The maximum atomic E-state index is 6.13. The Morgan fingerprint density at radius 3 is 2.46 bits per heavy atom. The van der Waals surface area contributed by atoms with Crippen molar-refractivity contribution in [2.24, 2.45) is 0 Å². The van der Waals surface area contributed by atoms with E-state index in [1.807, 2.05) is 48.7 Å². The standard InChI is InChI=1S/C28H24N6O/c1-29-28-31-16-14-25(34-28)23-7-4-15-30-27(23)35-20-12-10-19(11-13-20)33-26-22-6-3-2-5-21(22)24(17-32-26)18-8-9-18/h2-7,10-18H,8-9H2,1H3,(H,32,33)(H,29,31,34). The summed E-state index contributed by atoms with van der Waals surface area (Å²) in [4.78, 5) is 17.9. The fourth-order valence-corrected chi connectivity index (χ4v) is 4.18. The molecule has 0 amide bonds. The molecular formula is C28H24N6O. The number of benzene rings is 2. The van der Waals surface area contributed by atoms with Gasteiger partial charge in [-0.25, -0.2) is 19.9 Å². The molecule has 0 unspecified atom stereocenters. The molecule has 7 nitrogen and oxygen atoms in total. The highest BCUT2D eigenvalue weighted by atomic mass is 16.5. The van der Waals surface area contributed by atoms with Crippen LogP contribution in [0.1, 0.15) is 24.3 Å². The molecule has 0 aliphatic heterocycles. The molecule has 6 rings (SSSR count). The highest BCUT2D eigenvalue weighted by molar-refractivity contribution is 5.95. The van der Waals surface area contributed by atoms with Crippen LogP contribution in [0.2, 0.25) is 0 Å².